The van der Waals surface area contributed by atoms with E-state index in [1.165, 1.54) is 33.0 Å². The maximum Gasteiger partial charge on any atom is 0.120 e. The number of phenols is 1. The van der Waals surface area contributed by atoms with E-state index in [0.717, 1.165) is 18.3 Å². The molecular weight excluding hydrogens is 264 g/mol. The van der Waals surface area contributed by atoms with E-state index in [1.54, 1.807) is 12.1 Å². The van der Waals surface area contributed by atoms with Gasteiger partial charge in [-0.15, -0.1) is 0 Å². The average molecular weight is 296 g/mol. The summed E-state index contributed by atoms with van der Waals surface area (Å²) in [7, 11) is 3.67. The minimum atomic E-state index is 0.264. The largest absolute Gasteiger partial charge is 0.508 e. The Bertz CT molecular complexity index is 320. The van der Waals surface area contributed by atoms with Crippen molar-refractivity contribution in [2.45, 2.75) is 39.5 Å². The molecule has 1 fully saturated rings. The van der Waals surface area contributed by atoms with E-state index in [-0.39, 0.29) is 5.75 Å². The first-order valence-corrected chi connectivity index (χ1v) is 7.70. The molecule has 1 aromatic rings. The van der Waals surface area contributed by atoms with Crippen molar-refractivity contribution in [1.29, 1.82) is 0 Å². The molecule has 3 N–H and O–H groups in total. The zero-order valence-corrected chi connectivity index (χ0v) is 14.0. The fourth-order valence-corrected chi connectivity index (χ4v) is 1.76. The minimum absolute atomic E-state index is 0.264. The molecule has 0 aromatic heterocycles. The monoisotopic (exact) mass is 296 g/mol. The van der Waals surface area contributed by atoms with Crippen molar-refractivity contribution in [2.75, 3.05) is 27.2 Å². The quantitative estimate of drug-likeness (QED) is 0.842. The highest BCUT2D eigenvalue weighted by atomic mass is 16.3. The molecule has 4 nitrogen and oxygen atoms in total. The van der Waals surface area contributed by atoms with Gasteiger partial charge in [-0.1, -0.05) is 26.0 Å². The summed E-state index contributed by atoms with van der Waals surface area (Å²) < 4.78 is 0. The van der Waals surface area contributed by atoms with Crippen LogP contribution in [0.1, 0.15) is 38.7 Å². The summed E-state index contributed by atoms with van der Waals surface area (Å²) in [6, 6.07) is 6.89. The third-order valence-electron chi connectivity index (χ3n) is 2.82. The van der Waals surface area contributed by atoms with Gasteiger partial charge < -0.3 is 20.5 Å². The van der Waals surface area contributed by atoms with Crippen LogP contribution in [-0.4, -0.2) is 43.5 Å². The number of phenolic OH excluding ortho intramolecular Hbond substituents is 1. The van der Waals surface area contributed by atoms with E-state index in [4.69, 9.17) is 5.11 Å². The molecule has 0 aliphatic carbocycles. The highest BCUT2D eigenvalue weighted by molar-refractivity contribution is 5.50. The average Bonchev–Trinajstić information content (AvgIpc) is 3.02. The number of nitrogens with two attached hydrogens (primary N) is 1. The lowest BCUT2D eigenvalue weighted by Gasteiger charge is -2.01. The van der Waals surface area contributed by atoms with Crippen LogP contribution in [0.4, 0.5) is 0 Å². The lowest BCUT2D eigenvalue weighted by molar-refractivity contribution is -0.107. The molecule has 0 spiro atoms. The predicted octanol–water partition coefficient (Wildman–Crippen LogP) is 2.84. The Labute approximate surface area is 130 Å². The van der Waals surface area contributed by atoms with Crippen LogP contribution >= 0.6 is 0 Å². The van der Waals surface area contributed by atoms with Gasteiger partial charge in [0.2, 0.25) is 0 Å². The number of carbonyl (C=O) groups is 1. The summed E-state index contributed by atoms with van der Waals surface area (Å²) in [5, 5.41) is 8.91. The van der Waals surface area contributed by atoms with Crippen LogP contribution in [0.25, 0.3) is 0 Å². The Morgan fingerprint density at radius 3 is 1.95 bits per heavy atom. The number of aldehydes is 1. The Morgan fingerprint density at radius 1 is 1.14 bits per heavy atom. The number of carbonyl (C=O) groups excluding carboxylic acids is 1. The Hall–Kier alpha value is -1.39. The van der Waals surface area contributed by atoms with Gasteiger partial charge in [-0.2, -0.15) is 0 Å². The molecule has 0 amide bonds. The molecule has 0 radical (unpaired) electrons. The van der Waals surface area contributed by atoms with E-state index in [0.29, 0.717) is 6.42 Å². The Kier molecular flexibility index (Phi) is 17.4. The fourth-order valence-electron chi connectivity index (χ4n) is 1.76. The summed E-state index contributed by atoms with van der Waals surface area (Å²) in [6.07, 6.45) is 5.02. The number of nitrogens with zero attached hydrogens (tertiary/aromatic N) is 1. The molecule has 0 unspecified atom stereocenters. The summed E-state index contributed by atoms with van der Waals surface area (Å²) in [4.78, 5) is 12.4. The summed E-state index contributed by atoms with van der Waals surface area (Å²) in [5.74, 6) is 0.264. The Morgan fingerprint density at radius 2 is 1.62 bits per heavy atom. The van der Waals surface area contributed by atoms with Crippen molar-refractivity contribution in [1.82, 2.24) is 4.90 Å². The summed E-state index contributed by atoms with van der Waals surface area (Å²) in [5.41, 5.74) is 5.58. The van der Waals surface area contributed by atoms with Crippen LogP contribution < -0.4 is 5.73 Å². The van der Waals surface area contributed by atoms with Crippen LogP contribution in [0.5, 0.6) is 5.75 Å². The van der Waals surface area contributed by atoms with Crippen molar-refractivity contribution < 1.29 is 9.90 Å². The molecule has 1 heterocycles. The first kappa shape index (κ1) is 21.9. The molecular formula is C17H32N2O2. The van der Waals surface area contributed by atoms with Gasteiger partial charge in [0.15, 0.2) is 0 Å². The highest BCUT2D eigenvalue weighted by Crippen LogP contribution is 2.10. The summed E-state index contributed by atoms with van der Waals surface area (Å²) >= 11 is 0. The molecule has 0 bridgehead atoms. The predicted molar refractivity (Wildman–Crippen MR) is 90.7 cm³/mol. The number of hydrogen-bond donors (Lipinski definition) is 2. The van der Waals surface area contributed by atoms with Crippen molar-refractivity contribution in [3.63, 3.8) is 0 Å². The van der Waals surface area contributed by atoms with E-state index in [2.05, 4.69) is 17.7 Å². The number of hydrogen-bond acceptors (Lipinski definition) is 4. The van der Waals surface area contributed by atoms with Crippen molar-refractivity contribution in [3.8, 4) is 5.75 Å². The number of benzene rings is 1. The van der Waals surface area contributed by atoms with Gasteiger partial charge in [0, 0.05) is 6.42 Å². The normalized spacial score (nSPS) is 12.8. The number of aromatic hydroxyl groups is 1. The van der Waals surface area contributed by atoms with Crippen LogP contribution in [0, 0.1) is 0 Å². The van der Waals surface area contributed by atoms with Gasteiger partial charge in [-0.3, -0.25) is 0 Å². The molecule has 122 valence electrons. The van der Waals surface area contributed by atoms with E-state index >= 15 is 0 Å². The smallest absolute Gasteiger partial charge is 0.120 e. The van der Waals surface area contributed by atoms with Crippen molar-refractivity contribution in [2.24, 2.45) is 5.73 Å². The van der Waals surface area contributed by atoms with Crippen LogP contribution in [0.15, 0.2) is 24.3 Å². The molecule has 1 aliphatic rings. The lowest BCUT2D eigenvalue weighted by Crippen LogP contribution is -2.10. The molecule has 1 aliphatic heterocycles. The second-order valence-electron chi connectivity index (χ2n) is 4.38. The second kappa shape index (κ2) is 16.7. The highest BCUT2D eigenvalue weighted by Gasteiger charge is 2.03. The molecule has 2 rings (SSSR count). The minimum Gasteiger partial charge on any atom is -0.508 e. The van der Waals surface area contributed by atoms with Gasteiger partial charge in [0.05, 0.1) is 0 Å². The molecule has 1 saturated heterocycles. The maximum atomic E-state index is 10.00. The maximum absolute atomic E-state index is 10.00. The molecule has 0 atom stereocenters. The topological polar surface area (TPSA) is 66.6 Å². The third kappa shape index (κ3) is 13.4. The number of likely N-dealkylation sites (tertiary alicyclic amines) is 1. The van der Waals surface area contributed by atoms with Crippen molar-refractivity contribution in [3.05, 3.63) is 29.8 Å². The van der Waals surface area contributed by atoms with Crippen LogP contribution in [0.2, 0.25) is 0 Å². The second-order valence-corrected chi connectivity index (χ2v) is 4.38. The van der Waals surface area contributed by atoms with E-state index in [9.17, 15) is 4.79 Å². The number of aryl methyl sites for hydroxylation is 1. The fraction of sp³-hybridized carbons (Fsp3) is 0.588. The Balaban J connectivity index is 0. The van der Waals surface area contributed by atoms with Gasteiger partial charge in [-0.05, 0) is 64.1 Å². The van der Waals surface area contributed by atoms with Crippen LogP contribution in [0.3, 0.4) is 0 Å². The first-order chi connectivity index (χ1) is 10.2. The molecule has 1 aromatic carbocycles. The zero-order chi connectivity index (χ0) is 16.5. The lowest BCUT2D eigenvalue weighted by atomic mass is 10.1. The van der Waals surface area contributed by atoms with E-state index < -0.39 is 0 Å². The molecule has 21 heavy (non-hydrogen) atoms. The first-order valence-electron chi connectivity index (χ1n) is 7.70. The van der Waals surface area contributed by atoms with E-state index in [1.807, 2.05) is 26.0 Å². The standard InChI is InChI=1S/C9H10O2.C5H11N.C2H6.CH5N/c10-7-1-2-8-3-5-9(11)6-4-8;1-6-4-2-3-5-6;2*1-2/h3-7,11H,1-2H2;2-5H2,1H3;1-2H3;2H2,1H3. The SMILES string of the molecule is CC.CN.CN1CCCC1.O=CCCc1ccc(O)cc1. The van der Waals surface area contributed by atoms with Gasteiger partial charge >= 0.3 is 0 Å². The van der Waals surface area contributed by atoms with Gasteiger partial charge in [0.25, 0.3) is 0 Å². The molecule has 4 heteroatoms. The molecule has 0 saturated carbocycles. The third-order valence-corrected chi connectivity index (χ3v) is 2.82. The van der Waals surface area contributed by atoms with Gasteiger partial charge in [-0.25, -0.2) is 0 Å². The number of rotatable bonds is 3. The van der Waals surface area contributed by atoms with Crippen molar-refractivity contribution >= 4 is 6.29 Å². The van der Waals surface area contributed by atoms with Gasteiger partial charge in [0.1, 0.15) is 12.0 Å². The van der Waals surface area contributed by atoms with Crippen LogP contribution in [-0.2, 0) is 11.2 Å². The zero-order valence-electron chi connectivity index (χ0n) is 14.0. The summed E-state index contributed by atoms with van der Waals surface area (Å²) in [6.45, 7) is 6.64.